The van der Waals surface area contributed by atoms with Crippen molar-refractivity contribution < 1.29 is 14.4 Å². The highest BCUT2D eigenvalue weighted by Gasteiger charge is 2.63. The molecular formula is C30H56N2O3. The molecule has 5 heteroatoms. The number of piperidine rings is 1. The molecule has 204 valence electrons. The van der Waals surface area contributed by atoms with E-state index in [1.165, 1.54) is 77.0 Å². The Labute approximate surface area is 216 Å². The Morgan fingerprint density at radius 3 is 1.80 bits per heavy atom. The Hall–Kier alpha value is -0.650. The van der Waals surface area contributed by atoms with Crippen LogP contribution in [0.2, 0.25) is 0 Å². The first-order valence-corrected chi connectivity index (χ1v) is 15.1. The minimum atomic E-state index is -0.760. The zero-order valence-electron chi connectivity index (χ0n) is 23.8. The van der Waals surface area contributed by atoms with Crippen molar-refractivity contribution in [1.29, 1.82) is 0 Å². The van der Waals surface area contributed by atoms with E-state index in [4.69, 9.17) is 9.57 Å². The molecule has 2 heterocycles. The van der Waals surface area contributed by atoms with Crippen LogP contribution in [-0.4, -0.2) is 40.0 Å². The van der Waals surface area contributed by atoms with E-state index in [-0.39, 0.29) is 17.0 Å². The summed E-state index contributed by atoms with van der Waals surface area (Å²) in [6, 6.07) is 0. The number of hydroxylamine groups is 2. The number of amides is 1. The molecule has 3 aliphatic rings. The number of unbranched alkanes of at least 4 members (excludes halogenated alkanes) is 5. The van der Waals surface area contributed by atoms with E-state index in [2.05, 4.69) is 45.0 Å². The first kappa shape index (κ1) is 28.9. The maximum Gasteiger partial charge on any atom is 0.254 e. The Kier molecular flexibility index (Phi) is 10.5. The highest BCUT2D eigenvalue weighted by Crippen LogP contribution is 2.50. The number of carbonyl (C=O) groups is 1. The van der Waals surface area contributed by atoms with Crippen molar-refractivity contribution in [2.45, 2.75) is 179 Å². The van der Waals surface area contributed by atoms with Gasteiger partial charge in [-0.25, -0.2) is 0 Å². The summed E-state index contributed by atoms with van der Waals surface area (Å²) in [6.45, 7) is 11.9. The molecule has 0 aromatic rings. The lowest BCUT2D eigenvalue weighted by Crippen LogP contribution is -2.67. The molecule has 1 saturated carbocycles. The Morgan fingerprint density at radius 1 is 0.771 bits per heavy atom. The molecule has 2 aliphatic heterocycles. The zero-order valence-corrected chi connectivity index (χ0v) is 23.8. The van der Waals surface area contributed by atoms with E-state index in [1.807, 2.05) is 0 Å². The van der Waals surface area contributed by atoms with Crippen LogP contribution >= 0.6 is 0 Å². The maximum atomic E-state index is 13.7. The molecule has 0 aromatic carbocycles. The normalized spacial score (nSPS) is 26.8. The molecular weight excluding hydrogens is 436 g/mol. The molecule has 0 unspecified atom stereocenters. The number of hydrogen-bond donors (Lipinski definition) is 1. The molecule has 0 radical (unpaired) electrons. The van der Waals surface area contributed by atoms with Crippen molar-refractivity contribution in [3.8, 4) is 0 Å². The summed E-state index contributed by atoms with van der Waals surface area (Å²) in [5, 5.41) is 5.62. The van der Waals surface area contributed by atoms with E-state index in [9.17, 15) is 4.79 Å². The van der Waals surface area contributed by atoms with E-state index >= 15 is 0 Å². The predicted octanol–water partition coefficient (Wildman–Crippen LogP) is 7.82. The highest BCUT2D eigenvalue weighted by molar-refractivity contribution is 5.88. The van der Waals surface area contributed by atoms with Gasteiger partial charge in [-0.05, 0) is 59.8 Å². The predicted molar refractivity (Wildman–Crippen MR) is 144 cm³/mol. The number of rotatable bonds is 8. The lowest BCUT2D eigenvalue weighted by molar-refractivity contribution is -0.309. The second-order valence-electron chi connectivity index (χ2n) is 13.1. The summed E-state index contributed by atoms with van der Waals surface area (Å²) in [7, 11) is 0. The largest absolute Gasteiger partial charge is 0.339 e. The fourth-order valence-corrected chi connectivity index (χ4v) is 7.22. The first-order chi connectivity index (χ1) is 16.6. The molecule has 1 N–H and O–H groups in total. The molecule has 3 rings (SSSR count). The number of nitrogens with zero attached hydrogens (tertiary/aromatic N) is 1. The van der Waals surface area contributed by atoms with Gasteiger partial charge in [0.05, 0.1) is 6.61 Å². The van der Waals surface area contributed by atoms with Gasteiger partial charge < -0.3 is 10.1 Å². The van der Waals surface area contributed by atoms with Crippen molar-refractivity contribution in [1.82, 2.24) is 10.4 Å². The monoisotopic (exact) mass is 492 g/mol. The smallest absolute Gasteiger partial charge is 0.254 e. The number of ether oxygens (including phenoxy) is 1. The lowest BCUT2D eigenvalue weighted by atomic mass is 9.72. The third kappa shape index (κ3) is 7.68. The van der Waals surface area contributed by atoms with Gasteiger partial charge >= 0.3 is 0 Å². The summed E-state index contributed by atoms with van der Waals surface area (Å²) in [6.07, 6.45) is 22.2. The molecule has 2 spiro atoms. The first-order valence-electron chi connectivity index (χ1n) is 15.1. The van der Waals surface area contributed by atoms with Crippen LogP contribution in [0.25, 0.3) is 0 Å². The minimum absolute atomic E-state index is 0.112. The van der Waals surface area contributed by atoms with Crippen LogP contribution in [0.3, 0.4) is 0 Å². The van der Waals surface area contributed by atoms with Crippen molar-refractivity contribution in [3.05, 3.63) is 0 Å². The summed E-state index contributed by atoms with van der Waals surface area (Å²) in [5.41, 5.74) is -1.80. The van der Waals surface area contributed by atoms with Crippen LogP contribution in [0.1, 0.15) is 157 Å². The van der Waals surface area contributed by atoms with Gasteiger partial charge in [-0.3, -0.25) is 9.63 Å². The number of hydrogen-bond acceptors (Lipinski definition) is 4. The lowest BCUT2D eigenvalue weighted by Gasteiger charge is -2.56. The van der Waals surface area contributed by atoms with Gasteiger partial charge in [-0.15, -0.1) is 0 Å². The Balaban J connectivity index is 1.65. The standard InChI is InChI=1S/C30H56N2O3/c1-6-7-8-9-17-20-23-34-32-27(2,3)24-29(25-28(32,4)5)26(33)31-30(35-29)21-18-15-13-11-10-12-14-16-19-22-30/h6-25H2,1-5H3,(H,31,33). The molecule has 5 nitrogen and oxygen atoms in total. The van der Waals surface area contributed by atoms with Gasteiger partial charge in [0.1, 0.15) is 5.72 Å². The third-order valence-corrected chi connectivity index (χ3v) is 8.56. The molecule has 0 atom stereocenters. The van der Waals surface area contributed by atoms with Crippen molar-refractivity contribution in [2.75, 3.05) is 6.61 Å². The highest BCUT2D eigenvalue weighted by atomic mass is 16.7. The number of nitrogens with one attached hydrogen (secondary N) is 1. The summed E-state index contributed by atoms with van der Waals surface area (Å²) in [4.78, 5) is 20.1. The average molecular weight is 493 g/mol. The van der Waals surface area contributed by atoms with Crippen LogP contribution in [0.15, 0.2) is 0 Å². The van der Waals surface area contributed by atoms with E-state index in [0.717, 1.165) is 38.7 Å². The van der Waals surface area contributed by atoms with Gasteiger partial charge in [0.15, 0.2) is 5.60 Å². The van der Waals surface area contributed by atoms with Gasteiger partial charge in [0.25, 0.3) is 5.91 Å². The quantitative estimate of drug-likeness (QED) is 0.351. The minimum Gasteiger partial charge on any atom is -0.339 e. The van der Waals surface area contributed by atoms with Crippen LogP contribution < -0.4 is 5.32 Å². The van der Waals surface area contributed by atoms with Crippen LogP contribution in [0.4, 0.5) is 0 Å². The second kappa shape index (κ2) is 12.7. The molecule has 1 aliphatic carbocycles. The van der Waals surface area contributed by atoms with Crippen LogP contribution in [-0.2, 0) is 14.4 Å². The molecule has 3 fully saturated rings. The number of carbonyl (C=O) groups excluding carboxylic acids is 1. The third-order valence-electron chi connectivity index (χ3n) is 8.56. The fraction of sp³-hybridized carbons (Fsp3) is 0.967. The van der Waals surface area contributed by atoms with E-state index in [1.54, 1.807) is 0 Å². The van der Waals surface area contributed by atoms with Crippen LogP contribution in [0, 0.1) is 0 Å². The SMILES string of the molecule is CCCCCCCCON1C(C)(C)CC2(CC1(C)C)OC1(CCCCCCCCCCC1)NC2=O. The molecule has 2 saturated heterocycles. The van der Waals surface area contributed by atoms with Gasteiger partial charge in [0, 0.05) is 23.9 Å². The van der Waals surface area contributed by atoms with Crippen molar-refractivity contribution >= 4 is 5.91 Å². The molecule has 1 amide bonds. The van der Waals surface area contributed by atoms with Gasteiger partial charge in [-0.2, -0.15) is 5.06 Å². The summed E-state index contributed by atoms with van der Waals surface area (Å²) in [5.74, 6) is 0.112. The Bertz CT molecular complexity index is 630. The van der Waals surface area contributed by atoms with Crippen LogP contribution in [0.5, 0.6) is 0 Å². The maximum absolute atomic E-state index is 13.7. The fourth-order valence-electron chi connectivity index (χ4n) is 7.22. The van der Waals surface area contributed by atoms with Crippen molar-refractivity contribution in [2.24, 2.45) is 0 Å². The molecule has 0 aromatic heterocycles. The topological polar surface area (TPSA) is 50.8 Å². The Morgan fingerprint density at radius 2 is 1.26 bits per heavy atom. The van der Waals surface area contributed by atoms with Gasteiger partial charge in [0.2, 0.25) is 0 Å². The van der Waals surface area contributed by atoms with E-state index in [0.29, 0.717) is 12.8 Å². The second-order valence-corrected chi connectivity index (χ2v) is 13.1. The summed E-state index contributed by atoms with van der Waals surface area (Å²) >= 11 is 0. The zero-order chi connectivity index (χ0) is 25.4. The molecule has 0 bridgehead atoms. The summed E-state index contributed by atoms with van der Waals surface area (Å²) < 4.78 is 6.99. The van der Waals surface area contributed by atoms with Gasteiger partial charge in [-0.1, -0.05) is 84.0 Å². The van der Waals surface area contributed by atoms with Crippen molar-refractivity contribution in [3.63, 3.8) is 0 Å². The average Bonchev–Trinajstić information content (AvgIpc) is 3.01. The van der Waals surface area contributed by atoms with E-state index < -0.39 is 11.3 Å². The molecule has 35 heavy (non-hydrogen) atoms.